The molecule has 0 N–H and O–H groups in total. The largest absolute Gasteiger partial charge is 0.488 e. The van der Waals surface area contributed by atoms with E-state index in [1.807, 2.05) is 24.3 Å². The Morgan fingerprint density at radius 1 is 1.26 bits per heavy atom. The van der Waals surface area contributed by atoms with Crippen molar-refractivity contribution in [1.29, 1.82) is 0 Å². The molecular weight excluding hydrogens is 425 g/mol. The fraction of sp³-hybridized carbons (Fsp3) is 0.0769. The smallest absolute Gasteiger partial charge is 0.270 e. The molecule has 2 aromatic rings. The van der Waals surface area contributed by atoms with Gasteiger partial charge in [-0.2, -0.15) is 0 Å². The number of non-ortho nitro benzene ring substituents is 1. The maximum atomic E-state index is 10.6. The Bertz CT molecular complexity index is 619. The number of nitro benzene ring substituents is 1. The molecule has 4 nitrogen and oxygen atoms in total. The minimum Gasteiger partial charge on any atom is -0.488 e. The predicted molar refractivity (Wildman–Crippen MR) is 84.3 cm³/mol. The van der Waals surface area contributed by atoms with Crippen LogP contribution in [0.2, 0.25) is 0 Å². The summed E-state index contributed by atoms with van der Waals surface area (Å²) < 4.78 is 7.40. The highest BCUT2D eigenvalue weighted by Gasteiger charge is 2.09. The van der Waals surface area contributed by atoms with E-state index in [9.17, 15) is 10.1 Å². The van der Waals surface area contributed by atoms with Gasteiger partial charge in [-0.1, -0.05) is 28.1 Å². The quantitative estimate of drug-likeness (QED) is 0.404. The van der Waals surface area contributed by atoms with Gasteiger partial charge in [0.25, 0.3) is 5.69 Å². The van der Waals surface area contributed by atoms with Crippen molar-refractivity contribution in [3.8, 4) is 5.75 Å². The Labute approximate surface area is 132 Å². The third-order valence-corrected chi connectivity index (χ3v) is 4.10. The zero-order chi connectivity index (χ0) is 13.8. The van der Waals surface area contributed by atoms with Crippen LogP contribution in [0.3, 0.4) is 0 Å². The fourth-order valence-corrected chi connectivity index (χ4v) is 2.51. The van der Waals surface area contributed by atoms with Crippen molar-refractivity contribution < 1.29 is 9.66 Å². The van der Waals surface area contributed by atoms with Gasteiger partial charge in [0.2, 0.25) is 0 Å². The lowest BCUT2D eigenvalue weighted by Gasteiger charge is -2.09. The van der Waals surface area contributed by atoms with Gasteiger partial charge in [-0.05, 0) is 40.8 Å². The summed E-state index contributed by atoms with van der Waals surface area (Å²) >= 11 is 5.52. The van der Waals surface area contributed by atoms with Crippen molar-refractivity contribution in [3.05, 3.63) is 66.2 Å². The predicted octanol–water partition coefficient (Wildman–Crippen LogP) is 4.54. The van der Waals surface area contributed by atoms with Gasteiger partial charge in [0.1, 0.15) is 12.4 Å². The molecule has 0 radical (unpaired) electrons. The first-order valence-corrected chi connectivity index (χ1v) is 7.25. The fourth-order valence-electron chi connectivity index (χ4n) is 1.48. The minimum absolute atomic E-state index is 0.0601. The van der Waals surface area contributed by atoms with Crippen molar-refractivity contribution in [2.75, 3.05) is 0 Å². The molecule has 19 heavy (non-hydrogen) atoms. The molecule has 0 bridgehead atoms. The van der Waals surface area contributed by atoms with Crippen molar-refractivity contribution in [3.63, 3.8) is 0 Å². The van der Waals surface area contributed by atoms with E-state index in [4.69, 9.17) is 4.74 Å². The molecule has 0 fully saturated rings. The average molecular weight is 434 g/mol. The molecule has 0 aliphatic heterocycles. The molecule has 98 valence electrons. The topological polar surface area (TPSA) is 52.4 Å². The Kier molecular flexibility index (Phi) is 4.76. The van der Waals surface area contributed by atoms with Crippen LogP contribution in [0, 0.1) is 13.7 Å². The number of ether oxygens (including phenoxy) is 1. The molecule has 6 heteroatoms. The lowest BCUT2D eigenvalue weighted by atomic mass is 10.2. The first-order valence-electron chi connectivity index (χ1n) is 5.38. The summed E-state index contributed by atoms with van der Waals surface area (Å²) in [7, 11) is 0. The lowest BCUT2D eigenvalue weighted by Crippen LogP contribution is -1.98. The Morgan fingerprint density at radius 3 is 2.63 bits per heavy atom. The highest BCUT2D eigenvalue weighted by atomic mass is 127. The van der Waals surface area contributed by atoms with E-state index in [0.29, 0.717) is 11.1 Å². The molecule has 0 unspecified atom stereocenters. The minimum atomic E-state index is -0.421. The number of para-hydroxylation sites is 1. The van der Waals surface area contributed by atoms with Gasteiger partial charge in [-0.3, -0.25) is 10.1 Å². The van der Waals surface area contributed by atoms with Crippen molar-refractivity contribution in [2.45, 2.75) is 6.61 Å². The molecule has 0 aliphatic rings. The molecule has 2 rings (SSSR count). The molecule has 0 saturated carbocycles. The summed E-state index contributed by atoms with van der Waals surface area (Å²) in [5.74, 6) is 0.799. The van der Waals surface area contributed by atoms with E-state index in [2.05, 4.69) is 38.5 Å². The second kappa shape index (κ2) is 6.33. The number of nitrogens with zero attached hydrogens (tertiary/aromatic N) is 1. The molecule has 0 heterocycles. The molecule has 0 saturated heterocycles. The van der Waals surface area contributed by atoms with E-state index in [1.165, 1.54) is 12.1 Å². The SMILES string of the molecule is O=[N+]([O-])c1ccc(COc2ccccc2I)c(Br)c1. The van der Waals surface area contributed by atoms with Crippen LogP contribution < -0.4 is 4.74 Å². The lowest BCUT2D eigenvalue weighted by molar-refractivity contribution is -0.384. The van der Waals surface area contributed by atoms with E-state index >= 15 is 0 Å². The summed E-state index contributed by atoms with van der Waals surface area (Å²) in [6, 6.07) is 12.3. The van der Waals surface area contributed by atoms with E-state index in [1.54, 1.807) is 6.07 Å². The number of rotatable bonds is 4. The first-order chi connectivity index (χ1) is 9.08. The van der Waals surface area contributed by atoms with Crippen LogP contribution in [0.5, 0.6) is 5.75 Å². The summed E-state index contributed by atoms with van der Waals surface area (Å²) in [6.45, 7) is 0.360. The monoisotopic (exact) mass is 433 g/mol. The third kappa shape index (κ3) is 3.66. The molecule has 0 aliphatic carbocycles. The van der Waals surface area contributed by atoms with Crippen molar-refractivity contribution in [2.24, 2.45) is 0 Å². The van der Waals surface area contributed by atoms with Gasteiger partial charge < -0.3 is 4.74 Å². The number of hydrogen-bond acceptors (Lipinski definition) is 3. The van der Waals surface area contributed by atoms with Crippen LogP contribution in [0.15, 0.2) is 46.9 Å². The highest BCUT2D eigenvalue weighted by molar-refractivity contribution is 14.1. The molecule has 0 aromatic heterocycles. The number of halogens is 2. The summed E-state index contributed by atoms with van der Waals surface area (Å²) in [4.78, 5) is 10.2. The standard InChI is InChI=1S/C13H9BrINO3/c14-11-7-10(16(17)18)6-5-9(11)8-19-13-4-2-1-3-12(13)15/h1-7H,8H2. The number of benzene rings is 2. The molecular formula is C13H9BrINO3. The Morgan fingerprint density at radius 2 is 2.00 bits per heavy atom. The van der Waals surface area contributed by atoms with E-state index < -0.39 is 4.92 Å². The highest BCUT2D eigenvalue weighted by Crippen LogP contribution is 2.26. The van der Waals surface area contributed by atoms with Gasteiger partial charge in [-0.25, -0.2) is 0 Å². The van der Waals surface area contributed by atoms with Crippen LogP contribution in [0.4, 0.5) is 5.69 Å². The van der Waals surface area contributed by atoms with Crippen LogP contribution in [0.1, 0.15) is 5.56 Å². The van der Waals surface area contributed by atoms with E-state index in [-0.39, 0.29) is 5.69 Å². The second-order valence-corrected chi connectivity index (χ2v) is 5.77. The second-order valence-electron chi connectivity index (χ2n) is 3.75. The van der Waals surface area contributed by atoms with Crippen LogP contribution in [-0.4, -0.2) is 4.92 Å². The Hall–Kier alpha value is -1.15. The van der Waals surface area contributed by atoms with Crippen LogP contribution in [0.25, 0.3) is 0 Å². The van der Waals surface area contributed by atoms with Crippen LogP contribution in [-0.2, 0) is 6.61 Å². The molecule has 2 aromatic carbocycles. The summed E-state index contributed by atoms with van der Waals surface area (Å²) in [6.07, 6.45) is 0. The normalized spacial score (nSPS) is 10.2. The van der Waals surface area contributed by atoms with Gasteiger partial charge in [-0.15, -0.1) is 0 Å². The van der Waals surface area contributed by atoms with Crippen LogP contribution >= 0.6 is 38.5 Å². The van der Waals surface area contributed by atoms with Crippen molar-refractivity contribution >= 4 is 44.2 Å². The van der Waals surface area contributed by atoms with E-state index in [0.717, 1.165) is 14.9 Å². The van der Waals surface area contributed by atoms with Crippen molar-refractivity contribution in [1.82, 2.24) is 0 Å². The van der Waals surface area contributed by atoms with Gasteiger partial charge in [0.15, 0.2) is 0 Å². The molecule has 0 spiro atoms. The maximum Gasteiger partial charge on any atom is 0.270 e. The van der Waals surface area contributed by atoms with Gasteiger partial charge in [0, 0.05) is 22.2 Å². The average Bonchev–Trinajstić information content (AvgIpc) is 2.39. The number of nitro groups is 1. The number of hydrogen-bond donors (Lipinski definition) is 0. The summed E-state index contributed by atoms with van der Waals surface area (Å²) in [5.41, 5.74) is 0.926. The third-order valence-electron chi connectivity index (χ3n) is 2.47. The zero-order valence-electron chi connectivity index (χ0n) is 9.68. The Balaban J connectivity index is 2.12. The molecule has 0 atom stereocenters. The first kappa shape index (κ1) is 14.3. The maximum absolute atomic E-state index is 10.6. The molecule has 0 amide bonds. The summed E-state index contributed by atoms with van der Waals surface area (Å²) in [5, 5.41) is 10.6. The van der Waals surface area contributed by atoms with Gasteiger partial charge >= 0.3 is 0 Å². The zero-order valence-corrected chi connectivity index (χ0v) is 13.4. The van der Waals surface area contributed by atoms with Gasteiger partial charge in [0.05, 0.1) is 8.49 Å².